The van der Waals surface area contributed by atoms with Crippen LogP contribution in [0.2, 0.25) is 0 Å². The van der Waals surface area contributed by atoms with E-state index in [9.17, 15) is 19.5 Å². The minimum Gasteiger partial charge on any atom is -0.396 e. The second kappa shape index (κ2) is 8.94. The number of hydrogen-bond acceptors (Lipinski definition) is 5. The minimum atomic E-state index is -1.08. The first-order valence-corrected chi connectivity index (χ1v) is 12.6. The molecule has 3 fully saturated rings. The van der Waals surface area contributed by atoms with Gasteiger partial charge in [-0.1, -0.05) is 46.3 Å². The first kappa shape index (κ1) is 23.3. The number of unbranched alkanes of at least 4 members (excludes halogenated alkanes) is 1. The van der Waals surface area contributed by atoms with Crippen LogP contribution in [0.15, 0.2) is 42.5 Å². The van der Waals surface area contributed by atoms with Crippen LogP contribution in [0.1, 0.15) is 19.3 Å². The highest BCUT2D eigenvalue weighted by atomic mass is 79.9. The van der Waals surface area contributed by atoms with E-state index in [4.69, 9.17) is 4.74 Å². The first-order chi connectivity index (χ1) is 16.4. The number of likely N-dealkylation sites (tertiary alicyclic amines) is 1. The Bertz CT molecular complexity index is 1140. The van der Waals surface area contributed by atoms with Crippen molar-refractivity contribution in [2.75, 3.05) is 25.5 Å². The number of halogens is 1. The zero-order valence-corrected chi connectivity index (χ0v) is 20.5. The molecule has 6 atom stereocenters. The van der Waals surface area contributed by atoms with E-state index in [1.807, 2.05) is 42.5 Å². The second-order valence-corrected chi connectivity index (χ2v) is 10.5. The second-order valence-electron chi connectivity index (χ2n) is 9.29. The van der Waals surface area contributed by atoms with Crippen LogP contribution in [0.3, 0.4) is 0 Å². The lowest BCUT2D eigenvalue weighted by atomic mass is 9.70. The van der Waals surface area contributed by atoms with E-state index in [1.165, 1.54) is 0 Å². The van der Waals surface area contributed by atoms with Crippen LogP contribution in [0.5, 0.6) is 0 Å². The van der Waals surface area contributed by atoms with Crippen LogP contribution >= 0.6 is 15.9 Å². The monoisotopic (exact) mass is 529 g/mol. The summed E-state index contributed by atoms with van der Waals surface area (Å²) in [4.78, 5) is 41.6. The highest BCUT2D eigenvalue weighted by molar-refractivity contribution is 9.09. The third kappa shape index (κ3) is 3.52. The predicted octanol–water partition coefficient (Wildman–Crippen LogP) is 2.04. The molecule has 9 heteroatoms. The topological polar surface area (TPSA) is 108 Å². The first-order valence-electron chi connectivity index (χ1n) is 11.7. The van der Waals surface area contributed by atoms with Gasteiger partial charge in [0.1, 0.15) is 11.6 Å². The fraction of sp³-hybridized carbons (Fsp3) is 0.480. The summed E-state index contributed by atoms with van der Waals surface area (Å²) in [5.41, 5.74) is -0.440. The third-order valence-electron chi connectivity index (χ3n) is 7.41. The lowest BCUT2D eigenvalue weighted by Gasteiger charge is -2.34. The van der Waals surface area contributed by atoms with Crippen molar-refractivity contribution < 1.29 is 24.2 Å². The summed E-state index contributed by atoms with van der Waals surface area (Å²) in [7, 11) is 1.55. The largest absolute Gasteiger partial charge is 0.396 e. The van der Waals surface area contributed by atoms with Gasteiger partial charge in [-0.3, -0.25) is 14.4 Å². The SMILES string of the molecule is CNC(=O)[C@H]1[C@@H]2OC3(CC2Br)C(C(=O)Nc2ccc4ccccc4c2)N(CCCCO)C(=O)[C@H]13. The maximum absolute atomic E-state index is 13.8. The molecule has 3 aliphatic rings. The number of ether oxygens (including phenoxy) is 1. The molecule has 3 amide bonds. The van der Waals surface area contributed by atoms with Gasteiger partial charge in [0, 0.05) is 30.7 Å². The van der Waals surface area contributed by atoms with Crippen molar-refractivity contribution in [3.63, 3.8) is 0 Å². The number of aliphatic hydroxyl groups excluding tert-OH is 1. The number of fused-ring (bicyclic) bond motifs is 2. The molecule has 0 aromatic heterocycles. The molecule has 0 aliphatic carbocycles. The third-order valence-corrected chi connectivity index (χ3v) is 8.26. The van der Waals surface area contributed by atoms with Crippen molar-refractivity contribution in [2.45, 2.75) is 41.8 Å². The molecule has 3 N–H and O–H groups in total. The smallest absolute Gasteiger partial charge is 0.250 e. The van der Waals surface area contributed by atoms with Gasteiger partial charge in [0.15, 0.2) is 0 Å². The van der Waals surface area contributed by atoms with Gasteiger partial charge in [-0.2, -0.15) is 0 Å². The predicted molar refractivity (Wildman–Crippen MR) is 130 cm³/mol. The van der Waals surface area contributed by atoms with E-state index in [1.54, 1.807) is 11.9 Å². The Morgan fingerprint density at radius 1 is 1.18 bits per heavy atom. The molecule has 2 aromatic carbocycles. The van der Waals surface area contributed by atoms with Crippen LogP contribution in [-0.2, 0) is 19.1 Å². The number of aliphatic hydroxyl groups is 1. The summed E-state index contributed by atoms with van der Waals surface area (Å²) >= 11 is 3.64. The quantitative estimate of drug-likeness (QED) is 0.375. The number of alkyl halides is 1. The molecule has 34 heavy (non-hydrogen) atoms. The lowest BCUT2D eigenvalue weighted by molar-refractivity contribution is -0.140. The summed E-state index contributed by atoms with van der Waals surface area (Å²) in [6.07, 6.45) is 1.07. The van der Waals surface area contributed by atoms with Crippen molar-refractivity contribution in [3.05, 3.63) is 42.5 Å². The highest BCUT2D eigenvalue weighted by Gasteiger charge is 2.76. The van der Waals surface area contributed by atoms with Gasteiger partial charge in [0.25, 0.3) is 0 Å². The molecule has 2 aromatic rings. The molecule has 3 aliphatic heterocycles. The summed E-state index contributed by atoms with van der Waals surface area (Å²) in [6.45, 7) is 0.322. The summed E-state index contributed by atoms with van der Waals surface area (Å²) < 4.78 is 6.40. The standard InChI is InChI=1S/C25H28BrN3O5/c1-27-22(31)18-19-24(33)29(10-4-5-11-30)21(25(19)13-17(26)20(18)34-25)23(32)28-16-9-8-14-6-2-3-7-15(14)12-16/h2-3,6-9,12,17-21,30H,4-5,10-11,13H2,1H3,(H,27,31)(H,28,32)/t17?,18-,19+,20-,21?,25?/m1/s1. The van der Waals surface area contributed by atoms with E-state index in [-0.39, 0.29) is 29.2 Å². The zero-order valence-electron chi connectivity index (χ0n) is 18.9. The molecule has 0 saturated carbocycles. The number of carbonyl (C=O) groups is 3. The molecule has 8 nitrogen and oxygen atoms in total. The maximum Gasteiger partial charge on any atom is 0.250 e. The number of hydrogen-bond donors (Lipinski definition) is 3. The van der Waals surface area contributed by atoms with Crippen LogP contribution in [-0.4, -0.2) is 70.5 Å². The molecule has 2 bridgehead atoms. The van der Waals surface area contributed by atoms with Gasteiger partial charge < -0.3 is 25.4 Å². The van der Waals surface area contributed by atoms with Gasteiger partial charge in [-0.05, 0) is 42.2 Å². The number of carbonyl (C=O) groups excluding carboxylic acids is 3. The number of rotatable bonds is 7. The van der Waals surface area contributed by atoms with Crippen molar-refractivity contribution >= 4 is 50.1 Å². The van der Waals surface area contributed by atoms with Gasteiger partial charge in [-0.25, -0.2) is 0 Å². The fourth-order valence-electron chi connectivity index (χ4n) is 6.01. The van der Waals surface area contributed by atoms with Crippen LogP contribution in [0.4, 0.5) is 5.69 Å². The number of nitrogens with one attached hydrogen (secondary N) is 2. The Balaban J connectivity index is 1.50. The van der Waals surface area contributed by atoms with Crippen molar-refractivity contribution in [1.82, 2.24) is 10.2 Å². The normalized spacial score (nSPS) is 31.7. The van der Waals surface area contributed by atoms with E-state index in [0.29, 0.717) is 31.5 Å². The molecule has 180 valence electrons. The summed E-state index contributed by atoms with van der Waals surface area (Å²) in [5, 5.41) is 17.0. The lowest BCUT2D eigenvalue weighted by Crippen LogP contribution is -2.54. The molecular weight excluding hydrogens is 502 g/mol. The molecule has 3 saturated heterocycles. The number of anilines is 1. The summed E-state index contributed by atoms with van der Waals surface area (Å²) in [6, 6.07) is 12.7. The molecule has 0 radical (unpaired) electrons. The molecule has 3 heterocycles. The van der Waals surface area contributed by atoms with Crippen molar-refractivity contribution in [3.8, 4) is 0 Å². The Morgan fingerprint density at radius 2 is 1.94 bits per heavy atom. The highest BCUT2D eigenvalue weighted by Crippen LogP contribution is 2.60. The zero-order chi connectivity index (χ0) is 24.0. The van der Waals surface area contributed by atoms with E-state index in [2.05, 4.69) is 26.6 Å². The van der Waals surface area contributed by atoms with Gasteiger partial charge >= 0.3 is 0 Å². The number of amides is 3. The van der Waals surface area contributed by atoms with Gasteiger partial charge in [-0.15, -0.1) is 0 Å². The number of nitrogens with zero attached hydrogens (tertiary/aromatic N) is 1. The Hall–Kier alpha value is -2.49. The Labute approximate surface area is 206 Å². The Kier molecular flexibility index (Phi) is 6.12. The molecule has 3 unspecified atom stereocenters. The summed E-state index contributed by atoms with van der Waals surface area (Å²) in [5.74, 6) is -2.18. The maximum atomic E-state index is 13.8. The molecule has 5 rings (SSSR count). The number of benzene rings is 2. The fourth-order valence-corrected chi connectivity index (χ4v) is 6.95. The Morgan fingerprint density at radius 3 is 2.68 bits per heavy atom. The van der Waals surface area contributed by atoms with Crippen molar-refractivity contribution in [1.29, 1.82) is 0 Å². The molecular formula is C25H28BrN3O5. The van der Waals surface area contributed by atoms with Gasteiger partial charge in [0.05, 0.1) is 17.9 Å². The van der Waals surface area contributed by atoms with Crippen LogP contribution in [0, 0.1) is 11.8 Å². The van der Waals surface area contributed by atoms with Crippen molar-refractivity contribution in [2.24, 2.45) is 11.8 Å². The minimum absolute atomic E-state index is 0.00741. The average molecular weight is 530 g/mol. The van der Waals surface area contributed by atoms with Crippen LogP contribution < -0.4 is 10.6 Å². The van der Waals surface area contributed by atoms with Crippen LogP contribution in [0.25, 0.3) is 10.8 Å². The molecule has 1 spiro atoms. The van der Waals surface area contributed by atoms with E-state index < -0.39 is 29.6 Å². The van der Waals surface area contributed by atoms with E-state index >= 15 is 0 Å². The van der Waals surface area contributed by atoms with Gasteiger partial charge in [0.2, 0.25) is 17.7 Å². The average Bonchev–Trinajstić information content (AvgIpc) is 3.42. The van der Waals surface area contributed by atoms with E-state index in [0.717, 1.165) is 10.8 Å².